The second kappa shape index (κ2) is 52.2. The summed E-state index contributed by atoms with van der Waals surface area (Å²) in [6, 6.07) is 0. The van der Waals surface area contributed by atoms with Gasteiger partial charge in [-0.25, -0.2) is 4.57 Å². The molecule has 0 aromatic carbocycles. The van der Waals surface area contributed by atoms with Gasteiger partial charge in [-0.2, -0.15) is 0 Å². The van der Waals surface area contributed by atoms with Crippen LogP contribution in [0.1, 0.15) is 245 Å². The standard InChI is InChI=1S/C55H102NO7P/c1-3-5-7-9-11-13-15-17-19-21-23-24-25-26-27-28-29-31-33-35-37-39-41-43-45-47-50-60-52-54(53-62-64(58,59)61-51-49-56)63-55(57)48-46-44-42-40-38-36-34-32-30-22-20-18-16-14-12-10-8-6-4-2/h6,8,12,14,18,20,30,32,36,38,54H,3-5,7,9-11,13,15-17,19,21-29,31,33-35,37,39-53,56H2,1-2H3,(H,58,59)/b8-6-,14-12-,20-18-,32-30-,38-36-. The van der Waals surface area contributed by atoms with E-state index in [1.165, 1.54) is 154 Å². The van der Waals surface area contributed by atoms with Crippen LogP contribution in [0, 0.1) is 0 Å². The largest absolute Gasteiger partial charge is 0.472 e. The Morgan fingerprint density at radius 1 is 0.484 bits per heavy atom. The molecule has 2 unspecified atom stereocenters. The van der Waals surface area contributed by atoms with Gasteiger partial charge in [0.15, 0.2) is 0 Å². The fourth-order valence-corrected chi connectivity index (χ4v) is 8.32. The van der Waals surface area contributed by atoms with E-state index in [-0.39, 0.29) is 38.8 Å². The van der Waals surface area contributed by atoms with Gasteiger partial charge in [0, 0.05) is 19.6 Å². The number of rotatable bonds is 51. The highest BCUT2D eigenvalue weighted by molar-refractivity contribution is 7.47. The number of hydrogen-bond acceptors (Lipinski definition) is 7. The zero-order valence-corrected chi connectivity index (χ0v) is 42.7. The fourth-order valence-electron chi connectivity index (χ4n) is 7.56. The molecule has 0 radical (unpaired) electrons. The predicted octanol–water partition coefficient (Wildman–Crippen LogP) is 16.9. The summed E-state index contributed by atoms with van der Waals surface area (Å²) in [5.74, 6) is -0.358. The van der Waals surface area contributed by atoms with Gasteiger partial charge >= 0.3 is 13.8 Å². The molecule has 0 spiro atoms. The summed E-state index contributed by atoms with van der Waals surface area (Å²) in [5.41, 5.74) is 5.39. The van der Waals surface area contributed by atoms with E-state index in [4.69, 9.17) is 24.3 Å². The molecule has 0 aliphatic carbocycles. The fraction of sp³-hybridized carbons (Fsp3) is 0.800. The average Bonchev–Trinajstić information content (AvgIpc) is 3.29. The van der Waals surface area contributed by atoms with Crippen molar-refractivity contribution in [2.24, 2.45) is 5.73 Å². The summed E-state index contributed by atoms with van der Waals surface area (Å²) >= 11 is 0. The maximum atomic E-state index is 12.6. The van der Waals surface area contributed by atoms with E-state index in [2.05, 4.69) is 74.6 Å². The van der Waals surface area contributed by atoms with Crippen molar-refractivity contribution in [2.75, 3.05) is 33.0 Å². The van der Waals surface area contributed by atoms with Gasteiger partial charge < -0.3 is 20.1 Å². The number of esters is 1. The lowest BCUT2D eigenvalue weighted by Gasteiger charge is -2.20. The van der Waals surface area contributed by atoms with Crippen LogP contribution < -0.4 is 5.73 Å². The number of allylic oxidation sites excluding steroid dienone is 10. The third kappa shape index (κ3) is 51.2. The van der Waals surface area contributed by atoms with Gasteiger partial charge in [-0.15, -0.1) is 0 Å². The molecule has 0 aromatic heterocycles. The van der Waals surface area contributed by atoms with Crippen molar-refractivity contribution in [1.82, 2.24) is 0 Å². The summed E-state index contributed by atoms with van der Waals surface area (Å²) in [7, 11) is -4.29. The lowest BCUT2D eigenvalue weighted by molar-refractivity contribution is -0.154. The normalized spacial score (nSPS) is 13.8. The average molecular weight is 920 g/mol. The molecule has 8 nitrogen and oxygen atoms in total. The molecular weight excluding hydrogens is 818 g/mol. The number of ether oxygens (including phenoxy) is 2. The Morgan fingerprint density at radius 2 is 0.875 bits per heavy atom. The minimum Gasteiger partial charge on any atom is -0.457 e. The summed E-state index contributed by atoms with van der Waals surface area (Å²) < 4.78 is 33.6. The minimum absolute atomic E-state index is 0.0934. The second-order valence-corrected chi connectivity index (χ2v) is 19.2. The number of hydrogen-bond donors (Lipinski definition) is 2. The molecule has 0 rings (SSSR count). The Morgan fingerprint density at radius 3 is 1.30 bits per heavy atom. The van der Waals surface area contributed by atoms with Crippen molar-refractivity contribution >= 4 is 13.8 Å². The molecule has 0 aromatic rings. The first-order valence-corrected chi connectivity index (χ1v) is 28.3. The van der Waals surface area contributed by atoms with Gasteiger partial charge in [0.2, 0.25) is 0 Å². The highest BCUT2D eigenvalue weighted by atomic mass is 31.2. The summed E-state index contributed by atoms with van der Waals surface area (Å²) in [6.07, 6.45) is 65.6. The molecule has 0 heterocycles. The van der Waals surface area contributed by atoms with E-state index in [0.29, 0.717) is 6.61 Å². The summed E-state index contributed by atoms with van der Waals surface area (Å²) in [4.78, 5) is 22.6. The Hall–Kier alpha value is -1.80. The molecule has 0 saturated carbocycles. The van der Waals surface area contributed by atoms with Crippen LogP contribution in [0.4, 0.5) is 0 Å². The van der Waals surface area contributed by atoms with E-state index < -0.39 is 13.9 Å². The molecule has 0 amide bonds. The Kier molecular flexibility index (Phi) is 50.7. The zero-order chi connectivity index (χ0) is 46.5. The highest BCUT2D eigenvalue weighted by Gasteiger charge is 2.25. The monoisotopic (exact) mass is 920 g/mol. The van der Waals surface area contributed by atoms with Gasteiger partial charge in [-0.3, -0.25) is 13.8 Å². The third-order valence-corrected chi connectivity index (χ3v) is 12.4. The number of carbonyl (C=O) groups excluding carboxylic acids is 1. The predicted molar refractivity (Wildman–Crippen MR) is 275 cm³/mol. The Bertz CT molecular complexity index is 1170. The van der Waals surface area contributed by atoms with Gasteiger partial charge in [0.25, 0.3) is 0 Å². The smallest absolute Gasteiger partial charge is 0.457 e. The molecule has 9 heteroatoms. The van der Waals surface area contributed by atoms with Crippen molar-refractivity contribution < 1.29 is 32.8 Å². The van der Waals surface area contributed by atoms with Crippen molar-refractivity contribution in [3.63, 3.8) is 0 Å². The van der Waals surface area contributed by atoms with Crippen molar-refractivity contribution in [3.8, 4) is 0 Å². The van der Waals surface area contributed by atoms with E-state index in [0.717, 1.165) is 70.6 Å². The first kappa shape index (κ1) is 62.2. The molecule has 0 fully saturated rings. The number of phosphoric ester groups is 1. The molecule has 2 atom stereocenters. The van der Waals surface area contributed by atoms with Crippen LogP contribution in [-0.4, -0.2) is 49.9 Å². The summed E-state index contributed by atoms with van der Waals surface area (Å²) in [5, 5.41) is 0. The van der Waals surface area contributed by atoms with Crippen molar-refractivity contribution in [2.45, 2.75) is 251 Å². The van der Waals surface area contributed by atoms with Crippen LogP contribution in [0.15, 0.2) is 60.8 Å². The topological polar surface area (TPSA) is 117 Å². The lowest BCUT2D eigenvalue weighted by Crippen LogP contribution is -2.28. The zero-order valence-electron chi connectivity index (χ0n) is 41.8. The van der Waals surface area contributed by atoms with Crippen molar-refractivity contribution in [1.29, 1.82) is 0 Å². The lowest BCUT2D eigenvalue weighted by atomic mass is 10.0. The molecule has 3 N–H and O–H groups in total. The van der Waals surface area contributed by atoms with Crippen LogP contribution in [0.3, 0.4) is 0 Å². The molecule has 0 saturated heterocycles. The van der Waals surface area contributed by atoms with E-state index in [1.54, 1.807) is 0 Å². The quantitative estimate of drug-likeness (QED) is 0.0268. The summed E-state index contributed by atoms with van der Waals surface area (Å²) in [6.45, 7) is 4.80. The van der Waals surface area contributed by atoms with Crippen LogP contribution in [-0.2, 0) is 27.9 Å². The number of carbonyl (C=O) groups is 1. The minimum atomic E-state index is -4.29. The Balaban J connectivity index is 3.92. The maximum Gasteiger partial charge on any atom is 0.472 e. The third-order valence-electron chi connectivity index (χ3n) is 11.4. The van der Waals surface area contributed by atoms with Gasteiger partial charge in [0.1, 0.15) is 6.10 Å². The van der Waals surface area contributed by atoms with Crippen LogP contribution in [0.5, 0.6) is 0 Å². The SMILES string of the molecule is CC/C=C\C/C=C\C/C=C\C/C=C\C/C=C\CCCCCC(=O)OC(COCCCCCCCCCCCCCCCCCCCCCCCCCCCC)COP(=O)(O)OCCN. The molecule has 0 bridgehead atoms. The maximum absolute atomic E-state index is 12.6. The molecule has 64 heavy (non-hydrogen) atoms. The molecular formula is C55H102NO7P. The van der Waals surface area contributed by atoms with Crippen LogP contribution in [0.25, 0.3) is 0 Å². The molecule has 374 valence electrons. The Labute approximate surface area is 395 Å². The molecule has 0 aliphatic rings. The van der Waals surface area contributed by atoms with E-state index in [1.807, 2.05) is 0 Å². The number of unbranched alkanes of at least 4 members (excludes halogenated alkanes) is 28. The molecule has 0 aliphatic heterocycles. The first-order chi connectivity index (χ1) is 31.4. The van der Waals surface area contributed by atoms with Crippen LogP contribution in [0.2, 0.25) is 0 Å². The number of phosphoric acid groups is 1. The van der Waals surface area contributed by atoms with Gasteiger partial charge in [0.05, 0.1) is 19.8 Å². The van der Waals surface area contributed by atoms with E-state index in [9.17, 15) is 14.3 Å². The van der Waals surface area contributed by atoms with Crippen molar-refractivity contribution in [3.05, 3.63) is 60.8 Å². The van der Waals surface area contributed by atoms with Gasteiger partial charge in [-0.05, 0) is 57.8 Å². The second-order valence-electron chi connectivity index (χ2n) is 17.7. The highest BCUT2D eigenvalue weighted by Crippen LogP contribution is 2.43. The van der Waals surface area contributed by atoms with Crippen LogP contribution >= 0.6 is 7.82 Å². The number of nitrogens with two attached hydrogens (primary N) is 1. The first-order valence-electron chi connectivity index (χ1n) is 26.8. The van der Waals surface area contributed by atoms with E-state index >= 15 is 0 Å². The van der Waals surface area contributed by atoms with Gasteiger partial charge in [-0.1, -0.05) is 242 Å².